The van der Waals surface area contributed by atoms with Gasteiger partial charge in [0, 0.05) is 34.1 Å². The number of alkyl halides is 2. The molecule has 0 aromatic heterocycles. The van der Waals surface area contributed by atoms with Crippen LogP contribution in [0.2, 0.25) is 0 Å². The Bertz CT molecular complexity index is 1330. The first kappa shape index (κ1) is 27.2. The van der Waals surface area contributed by atoms with Gasteiger partial charge in [-0.05, 0) is 70.8 Å². The van der Waals surface area contributed by atoms with Gasteiger partial charge in [0.1, 0.15) is 5.75 Å². The van der Waals surface area contributed by atoms with E-state index in [1.54, 1.807) is 60.7 Å². The zero-order valence-corrected chi connectivity index (χ0v) is 22.1. The van der Waals surface area contributed by atoms with Gasteiger partial charge in [0.2, 0.25) is 0 Å². The number of halogens is 2. The van der Waals surface area contributed by atoms with Gasteiger partial charge in [-0.2, -0.15) is 0 Å². The number of aliphatic hydroxyl groups excluding tert-OH is 1. The summed E-state index contributed by atoms with van der Waals surface area (Å²) in [6.45, 7) is -0.261. The van der Waals surface area contributed by atoms with Crippen LogP contribution in [-0.2, 0) is 18.4 Å². The van der Waals surface area contributed by atoms with Crippen molar-refractivity contribution in [3.05, 3.63) is 113 Å². The van der Waals surface area contributed by atoms with Crippen LogP contribution in [0.1, 0.15) is 37.4 Å². The quantitative estimate of drug-likeness (QED) is 0.200. The summed E-state index contributed by atoms with van der Waals surface area (Å²) in [7, 11) is 1.53. The Balaban J connectivity index is 1.52. The number of rotatable bonds is 9. The molecule has 0 aliphatic heterocycles. The highest BCUT2D eigenvalue weighted by atomic mass is 35.5. The van der Waals surface area contributed by atoms with Gasteiger partial charge < -0.3 is 20.5 Å². The molecule has 38 heavy (non-hydrogen) atoms. The first-order valence-electron chi connectivity index (χ1n) is 11.8. The van der Waals surface area contributed by atoms with Gasteiger partial charge in [0.15, 0.2) is 0 Å². The normalized spacial score (nSPS) is 10.6. The Hall–Kier alpha value is -3.84. The second-order valence-corrected chi connectivity index (χ2v) is 9.05. The average molecular weight is 549 g/mol. The van der Waals surface area contributed by atoms with Crippen LogP contribution in [0.3, 0.4) is 0 Å². The number of aliphatic hydroxyl groups is 1. The molecule has 0 bridgehead atoms. The van der Waals surface area contributed by atoms with E-state index in [1.165, 1.54) is 7.11 Å². The van der Waals surface area contributed by atoms with E-state index in [-0.39, 0.29) is 18.4 Å². The zero-order valence-electron chi connectivity index (χ0n) is 20.6. The molecule has 0 fully saturated rings. The summed E-state index contributed by atoms with van der Waals surface area (Å²) in [6.07, 6.45) is 0. The number of amides is 2. The molecule has 4 aromatic rings. The molecular weight excluding hydrogens is 523 g/mol. The number of benzene rings is 4. The third kappa shape index (κ3) is 6.34. The molecule has 0 aliphatic rings. The third-order valence-electron chi connectivity index (χ3n) is 6.05. The van der Waals surface area contributed by atoms with Crippen LogP contribution in [0, 0.1) is 0 Å². The molecule has 0 unspecified atom stereocenters. The topological polar surface area (TPSA) is 87.7 Å². The van der Waals surface area contributed by atoms with E-state index < -0.39 is 0 Å². The Morgan fingerprint density at radius 1 is 0.711 bits per heavy atom. The van der Waals surface area contributed by atoms with Gasteiger partial charge in [-0.3, -0.25) is 9.59 Å². The molecule has 0 aliphatic carbocycles. The highest BCUT2D eigenvalue weighted by Crippen LogP contribution is 2.33. The number of hydrogen-bond donors (Lipinski definition) is 3. The summed E-state index contributed by atoms with van der Waals surface area (Å²) in [5.41, 5.74) is 6.07. The summed E-state index contributed by atoms with van der Waals surface area (Å²) < 4.78 is 5.53. The van der Waals surface area contributed by atoms with Crippen molar-refractivity contribution in [3.8, 4) is 16.9 Å². The average Bonchev–Trinajstić information content (AvgIpc) is 2.97. The van der Waals surface area contributed by atoms with Gasteiger partial charge in [-0.1, -0.05) is 36.4 Å². The van der Waals surface area contributed by atoms with Crippen molar-refractivity contribution in [2.75, 3.05) is 17.7 Å². The molecule has 4 aromatic carbocycles. The molecule has 0 saturated heterocycles. The second kappa shape index (κ2) is 12.6. The number of ether oxygens (including phenoxy) is 1. The fourth-order valence-corrected chi connectivity index (χ4v) is 4.24. The predicted octanol–water partition coefficient (Wildman–Crippen LogP) is 6.84. The maximum Gasteiger partial charge on any atom is 0.255 e. The van der Waals surface area contributed by atoms with Crippen LogP contribution >= 0.6 is 23.2 Å². The number of carbonyl (C=O) groups is 2. The fourth-order valence-electron chi connectivity index (χ4n) is 3.88. The molecule has 194 valence electrons. The summed E-state index contributed by atoms with van der Waals surface area (Å²) in [5, 5.41) is 15.7. The molecule has 0 spiro atoms. The third-order valence-corrected chi connectivity index (χ3v) is 6.66. The lowest BCUT2D eigenvalue weighted by Gasteiger charge is -2.14. The Kier molecular flexibility index (Phi) is 9.02. The van der Waals surface area contributed by atoms with Gasteiger partial charge in [0.05, 0.1) is 19.4 Å². The molecule has 3 N–H and O–H groups in total. The van der Waals surface area contributed by atoms with E-state index in [0.29, 0.717) is 45.6 Å². The highest BCUT2D eigenvalue weighted by molar-refractivity contribution is 6.17. The zero-order chi connectivity index (χ0) is 27.1. The van der Waals surface area contributed by atoms with Crippen LogP contribution < -0.4 is 15.4 Å². The Morgan fingerprint density at radius 3 is 1.66 bits per heavy atom. The van der Waals surface area contributed by atoms with Crippen LogP contribution in [-0.4, -0.2) is 24.0 Å². The summed E-state index contributed by atoms with van der Waals surface area (Å²) >= 11 is 11.6. The molecular formula is C30H26Cl2N2O4. The predicted molar refractivity (Wildman–Crippen MR) is 152 cm³/mol. The Labute approximate surface area is 231 Å². The first-order valence-corrected chi connectivity index (χ1v) is 12.9. The lowest BCUT2D eigenvalue weighted by molar-refractivity contribution is 0.101. The molecule has 4 rings (SSSR count). The van der Waals surface area contributed by atoms with Crippen molar-refractivity contribution in [2.24, 2.45) is 0 Å². The molecule has 0 radical (unpaired) electrons. The fraction of sp³-hybridized carbons (Fsp3) is 0.133. The van der Waals surface area contributed by atoms with Crippen LogP contribution in [0.5, 0.6) is 5.75 Å². The van der Waals surface area contributed by atoms with Crippen LogP contribution in [0.4, 0.5) is 11.4 Å². The lowest BCUT2D eigenvalue weighted by atomic mass is 10.0. The minimum Gasteiger partial charge on any atom is -0.495 e. The standard InChI is InChI=1S/C30H26Cl2N2O4/c1-38-28-15-24(11-13-27(28)34-30(37)22-8-4-20(17-32)5-9-22)23-10-12-26(25(14-23)18-35)33-29(36)21-6-2-19(16-31)3-7-21/h2-15,35H,16-18H2,1H3,(H,33,36)(H,34,37). The lowest BCUT2D eigenvalue weighted by Crippen LogP contribution is -2.13. The molecule has 8 heteroatoms. The van der Waals surface area contributed by atoms with Crippen LogP contribution in [0.15, 0.2) is 84.9 Å². The number of carbonyl (C=O) groups excluding carboxylic acids is 2. The van der Waals surface area contributed by atoms with E-state index in [1.807, 2.05) is 24.3 Å². The van der Waals surface area contributed by atoms with E-state index in [4.69, 9.17) is 27.9 Å². The van der Waals surface area contributed by atoms with Gasteiger partial charge in [0.25, 0.3) is 11.8 Å². The van der Waals surface area contributed by atoms with E-state index >= 15 is 0 Å². The number of hydrogen-bond acceptors (Lipinski definition) is 4. The van der Waals surface area contributed by atoms with Crippen molar-refractivity contribution in [1.29, 1.82) is 0 Å². The van der Waals surface area contributed by atoms with Gasteiger partial charge in [-0.15, -0.1) is 23.2 Å². The number of anilines is 2. The van der Waals surface area contributed by atoms with E-state index in [0.717, 1.165) is 22.3 Å². The molecule has 0 atom stereocenters. The first-order chi connectivity index (χ1) is 18.4. The van der Waals surface area contributed by atoms with Crippen molar-refractivity contribution < 1.29 is 19.4 Å². The largest absolute Gasteiger partial charge is 0.495 e. The molecule has 2 amide bonds. The SMILES string of the molecule is COc1cc(-c2ccc(NC(=O)c3ccc(CCl)cc3)c(CO)c2)ccc1NC(=O)c1ccc(CCl)cc1. The van der Waals surface area contributed by atoms with Gasteiger partial charge >= 0.3 is 0 Å². The van der Waals surface area contributed by atoms with Crippen molar-refractivity contribution in [3.63, 3.8) is 0 Å². The molecule has 6 nitrogen and oxygen atoms in total. The smallest absolute Gasteiger partial charge is 0.255 e. The minimum atomic E-state index is -0.285. The second-order valence-electron chi connectivity index (χ2n) is 8.51. The van der Waals surface area contributed by atoms with Gasteiger partial charge in [-0.25, -0.2) is 0 Å². The Morgan fingerprint density at radius 2 is 1.18 bits per heavy atom. The number of nitrogens with one attached hydrogen (secondary N) is 2. The molecule has 0 saturated carbocycles. The van der Waals surface area contributed by atoms with Crippen LogP contribution in [0.25, 0.3) is 11.1 Å². The summed E-state index contributed by atoms with van der Waals surface area (Å²) in [6, 6.07) is 24.9. The highest BCUT2D eigenvalue weighted by Gasteiger charge is 2.14. The van der Waals surface area contributed by atoms with Crippen molar-refractivity contribution in [2.45, 2.75) is 18.4 Å². The maximum absolute atomic E-state index is 12.7. The van der Waals surface area contributed by atoms with E-state index in [2.05, 4.69) is 10.6 Å². The minimum absolute atomic E-state index is 0.261. The number of methoxy groups -OCH3 is 1. The van der Waals surface area contributed by atoms with Crippen molar-refractivity contribution in [1.82, 2.24) is 0 Å². The van der Waals surface area contributed by atoms with Crippen molar-refractivity contribution >= 4 is 46.4 Å². The van der Waals surface area contributed by atoms with E-state index in [9.17, 15) is 14.7 Å². The molecule has 0 heterocycles. The summed E-state index contributed by atoms with van der Waals surface area (Å²) in [4.78, 5) is 25.4. The maximum atomic E-state index is 12.7. The summed E-state index contributed by atoms with van der Waals surface area (Å²) in [5.74, 6) is 0.686. The monoisotopic (exact) mass is 548 g/mol.